The van der Waals surface area contributed by atoms with Crippen molar-refractivity contribution in [2.75, 3.05) is 25.6 Å². The van der Waals surface area contributed by atoms with Crippen LogP contribution in [0, 0.1) is 13.8 Å². The molecule has 3 rings (SSSR count). The van der Waals surface area contributed by atoms with Crippen molar-refractivity contribution in [2.24, 2.45) is 0 Å². The van der Waals surface area contributed by atoms with Gasteiger partial charge >= 0.3 is 0 Å². The van der Waals surface area contributed by atoms with E-state index >= 15 is 0 Å². The van der Waals surface area contributed by atoms with E-state index < -0.39 is 15.9 Å². The van der Waals surface area contributed by atoms with E-state index in [9.17, 15) is 13.2 Å². The molecule has 1 heterocycles. The summed E-state index contributed by atoms with van der Waals surface area (Å²) < 4.78 is 38.1. The zero-order chi connectivity index (χ0) is 21.0. The summed E-state index contributed by atoms with van der Waals surface area (Å²) in [4.78, 5) is 12.8. The number of sulfonamides is 1. The fraction of sp³-hybridized carbons (Fsp3) is 0.381. The third kappa shape index (κ3) is 5.14. The van der Waals surface area contributed by atoms with Gasteiger partial charge in [-0.05, 0) is 69.1 Å². The topological polar surface area (TPSA) is 93.7 Å². The lowest BCUT2D eigenvalue weighted by molar-refractivity contribution is 0.0680. The molecular weight excluding hydrogens is 392 g/mol. The summed E-state index contributed by atoms with van der Waals surface area (Å²) in [5.41, 5.74) is 2.17. The number of hydrogen-bond acceptors (Lipinski definition) is 5. The van der Waals surface area contributed by atoms with Gasteiger partial charge in [-0.3, -0.25) is 4.79 Å². The summed E-state index contributed by atoms with van der Waals surface area (Å²) >= 11 is 0. The molecule has 0 aromatic heterocycles. The van der Waals surface area contributed by atoms with Crippen molar-refractivity contribution in [3.05, 3.63) is 53.1 Å². The van der Waals surface area contributed by atoms with Crippen LogP contribution in [0.5, 0.6) is 5.75 Å². The molecular formula is C21H26N2O5S. The van der Waals surface area contributed by atoms with Gasteiger partial charge in [0.05, 0.1) is 11.0 Å². The van der Waals surface area contributed by atoms with E-state index in [2.05, 4.69) is 10.0 Å². The predicted molar refractivity (Wildman–Crippen MR) is 111 cm³/mol. The number of hydrogen-bond donors (Lipinski definition) is 2. The van der Waals surface area contributed by atoms with Crippen LogP contribution in [0.3, 0.4) is 0 Å². The Labute approximate surface area is 171 Å². The van der Waals surface area contributed by atoms with Crippen LogP contribution in [0.1, 0.15) is 34.3 Å². The van der Waals surface area contributed by atoms with E-state index in [1.54, 1.807) is 38.1 Å². The number of amides is 1. The number of carbonyl (C=O) groups excluding carboxylic acids is 1. The van der Waals surface area contributed by atoms with Gasteiger partial charge in [-0.25, -0.2) is 13.1 Å². The van der Waals surface area contributed by atoms with Gasteiger partial charge in [0, 0.05) is 23.9 Å². The number of nitrogens with one attached hydrogen (secondary N) is 2. The predicted octanol–water partition coefficient (Wildman–Crippen LogP) is 3.02. The molecule has 0 saturated carbocycles. The molecule has 1 aliphatic rings. The van der Waals surface area contributed by atoms with Gasteiger partial charge in [0.1, 0.15) is 12.4 Å². The number of anilines is 1. The first-order valence-corrected chi connectivity index (χ1v) is 11.0. The van der Waals surface area contributed by atoms with Gasteiger partial charge in [0.15, 0.2) is 0 Å². The molecule has 1 saturated heterocycles. The van der Waals surface area contributed by atoms with Crippen LogP contribution in [-0.4, -0.2) is 40.7 Å². The summed E-state index contributed by atoms with van der Waals surface area (Å²) in [6.45, 7) is 4.74. The fourth-order valence-corrected chi connectivity index (χ4v) is 4.25. The number of rotatable bonds is 7. The lowest BCUT2D eigenvalue weighted by Crippen LogP contribution is -2.21. The largest absolute Gasteiger partial charge is 0.491 e. The smallest absolute Gasteiger partial charge is 0.255 e. The second-order valence-corrected chi connectivity index (χ2v) is 8.91. The molecule has 0 radical (unpaired) electrons. The molecule has 29 heavy (non-hydrogen) atoms. The molecule has 8 heteroatoms. The minimum absolute atomic E-state index is 0.0961. The van der Waals surface area contributed by atoms with Gasteiger partial charge in [-0.1, -0.05) is 6.07 Å². The standard InChI is InChI=1S/C21H26N2O5S/c1-14-10-16(11-20(15(14)2)29(25,26)22-3)21(24)23-17-6-4-7-18(12-17)28-13-19-8-5-9-27-19/h4,6-7,10-12,19,22H,5,8-9,13H2,1-3H3,(H,23,24). The van der Waals surface area contributed by atoms with Crippen molar-refractivity contribution < 1.29 is 22.7 Å². The second-order valence-electron chi connectivity index (χ2n) is 7.05. The van der Waals surface area contributed by atoms with Gasteiger partial charge in [-0.15, -0.1) is 0 Å². The Balaban J connectivity index is 1.75. The van der Waals surface area contributed by atoms with Gasteiger partial charge in [0.25, 0.3) is 5.91 Å². The molecule has 1 fully saturated rings. The fourth-order valence-electron chi connectivity index (χ4n) is 3.18. The lowest BCUT2D eigenvalue weighted by atomic mass is 10.1. The van der Waals surface area contributed by atoms with Crippen LogP contribution in [0.15, 0.2) is 41.3 Å². The highest BCUT2D eigenvalue weighted by Gasteiger charge is 2.20. The molecule has 156 valence electrons. The van der Waals surface area contributed by atoms with Crippen LogP contribution >= 0.6 is 0 Å². The summed E-state index contributed by atoms with van der Waals surface area (Å²) in [5.74, 6) is 0.244. The zero-order valence-corrected chi connectivity index (χ0v) is 17.6. The molecule has 2 N–H and O–H groups in total. The third-order valence-electron chi connectivity index (χ3n) is 4.99. The second kappa shape index (κ2) is 8.94. The molecule has 2 aromatic rings. The molecule has 7 nitrogen and oxygen atoms in total. The van der Waals surface area contributed by atoms with E-state index in [1.165, 1.54) is 13.1 Å². The molecule has 1 unspecified atom stereocenters. The Morgan fingerprint density at radius 2 is 2.03 bits per heavy atom. The Hall–Kier alpha value is -2.42. The highest BCUT2D eigenvalue weighted by atomic mass is 32.2. The van der Waals surface area contributed by atoms with Gasteiger partial charge < -0.3 is 14.8 Å². The average molecular weight is 419 g/mol. The van der Waals surface area contributed by atoms with Crippen LogP contribution in [0.4, 0.5) is 5.69 Å². The van der Waals surface area contributed by atoms with Crippen LogP contribution in [0.2, 0.25) is 0 Å². The summed E-state index contributed by atoms with van der Waals surface area (Å²) in [6.07, 6.45) is 2.14. The van der Waals surface area contributed by atoms with Crippen molar-refractivity contribution in [3.63, 3.8) is 0 Å². The van der Waals surface area contributed by atoms with Gasteiger partial charge in [0.2, 0.25) is 10.0 Å². The number of aryl methyl sites for hydroxylation is 1. The maximum Gasteiger partial charge on any atom is 0.255 e. The number of benzene rings is 2. The van der Waals surface area contributed by atoms with E-state index in [-0.39, 0.29) is 16.6 Å². The monoisotopic (exact) mass is 418 g/mol. The van der Waals surface area contributed by atoms with Crippen molar-refractivity contribution in [1.82, 2.24) is 4.72 Å². The molecule has 1 aliphatic heterocycles. The normalized spacial score (nSPS) is 16.6. The maximum atomic E-state index is 12.7. The van der Waals surface area contributed by atoms with E-state index in [4.69, 9.17) is 9.47 Å². The molecule has 0 aliphatic carbocycles. The third-order valence-corrected chi connectivity index (χ3v) is 6.53. The first-order valence-electron chi connectivity index (χ1n) is 9.51. The average Bonchev–Trinajstić information content (AvgIpc) is 3.22. The maximum absolute atomic E-state index is 12.7. The van der Waals surface area contributed by atoms with Gasteiger partial charge in [-0.2, -0.15) is 0 Å². The van der Waals surface area contributed by atoms with Crippen LogP contribution in [-0.2, 0) is 14.8 Å². The summed E-state index contributed by atoms with van der Waals surface area (Å²) in [7, 11) is -2.32. The Morgan fingerprint density at radius 1 is 1.24 bits per heavy atom. The van der Waals surface area contributed by atoms with Crippen LogP contribution in [0.25, 0.3) is 0 Å². The summed E-state index contributed by atoms with van der Waals surface area (Å²) in [6, 6.07) is 10.2. The quantitative estimate of drug-likeness (QED) is 0.721. The minimum atomic E-state index is -3.66. The van der Waals surface area contributed by atoms with E-state index in [1.807, 2.05) is 6.07 Å². The molecule has 2 aromatic carbocycles. The van der Waals surface area contributed by atoms with E-state index in [0.29, 0.717) is 23.6 Å². The van der Waals surface area contributed by atoms with E-state index in [0.717, 1.165) is 25.0 Å². The molecule has 1 amide bonds. The van der Waals surface area contributed by atoms with Crippen molar-refractivity contribution in [1.29, 1.82) is 0 Å². The minimum Gasteiger partial charge on any atom is -0.491 e. The van der Waals surface area contributed by atoms with Crippen LogP contribution < -0.4 is 14.8 Å². The molecule has 0 bridgehead atoms. The van der Waals surface area contributed by atoms with Crippen molar-refractivity contribution in [3.8, 4) is 5.75 Å². The Morgan fingerprint density at radius 3 is 2.72 bits per heavy atom. The Kier molecular flexibility index (Phi) is 6.56. The number of carbonyl (C=O) groups is 1. The molecule has 0 spiro atoms. The SMILES string of the molecule is CNS(=O)(=O)c1cc(C(=O)Nc2cccc(OCC3CCCO3)c2)cc(C)c1C. The Bertz CT molecular complexity index is 998. The first-order chi connectivity index (χ1) is 13.8. The van der Waals surface area contributed by atoms with Crippen molar-refractivity contribution >= 4 is 21.6 Å². The van der Waals surface area contributed by atoms with Crippen molar-refractivity contribution in [2.45, 2.75) is 37.7 Å². The highest BCUT2D eigenvalue weighted by Crippen LogP contribution is 2.23. The summed E-state index contributed by atoms with van der Waals surface area (Å²) in [5, 5.41) is 2.80. The lowest BCUT2D eigenvalue weighted by Gasteiger charge is -2.14. The highest BCUT2D eigenvalue weighted by molar-refractivity contribution is 7.89. The number of ether oxygens (including phenoxy) is 2. The first kappa shape index (κ1) is 21.3. The zero-order valence-electron chi connectivity index (χ0n) is 16.8. The molecule has 1 atom stereocenters.